The number of carbonyl (C=O) groups excluding carboxylic acids is 1. The van der Waals surface area contributed by atoms with E-state index in [1.54, 1.807) is 6.07 Å². The van der Waals surface area contributed by atoms with E-state index in [2.05, 4.69) is 10.3 Å². The maximum atomic E-state index is 12.1. The summed E-state index contributed by atoms with van der Waals surface area (Å²) in [6.45, 7) is 5.73. The van der Waals surface area contributed by atoms with Crippen LogP contribution in [0.5, 0.6) is 0 Å². The maximum Gasteiger partial charge on any atom is 0.255 e. The van der Waals surface area contributed by atoms with Crippen molar-refractivity contribution in [3.05, 3.63) is 58.5 Å². The van der Waals surface area contributed by atoms with Crippen molar-refractivity contribution in [3.63, 3.8) is 0 Å². The Morgan fingerprint density at radius 2 is 1.80 bits per heavy atom. The lowest BCUT2D eigenvalue weighted by Crippen LogP contribution is -2.40. The van der Waals surface area contributed by atoms with Crippen LogP contribution in [-0.2, 0) is 0 Å². The first-order chi connectivity index (χ1) is 9.37. The van der Waals surface area contributed by atoms with Crippen molar-refractivity contribution in [1.82, 2.24) is 10.3 Å². The molecule has 0 unspecified atom stereocenters. The number of pyridine rings is 1. The molecule has 2 aromatic rings. The number of hydrogen-bond donors (Lipinski definition) is 2. The number of nitrogens with one attached hydrogen (secondary N) is 2. The quantitative estimate of drug-likeness (QED) is 0.881. The largest absolute Gasteiger partial charge is 0.347 e. The summed E-state index contributed by atoms with van der Waals surface area (Å²) in [6.07, 6.45) is 1.44. The summed E-state index contributed by atoms with van der Waals surface area (Å²) in [5, 5.41) is 2.87. The van der Waals surface area contributed by atoms with E-state index in [4.69, 9.17) is 0 Å². The van der Waals surface area contributed by atoms with E-state index in [0.29, 0.717) is 11.1 Å². The van der Waals surface area contributed by atoms with E-state index in [9.17, 15) is 9.59 Å². The highest BCUT2D eigenvalue weighted by molar-refractivity contribution is 5.95. The van der Waals surface area contributed by atoms with Crippen LogP contribution in [0.25, 0.3) is 11.1 Å². The zero-order valence-electron chi connectivity index (χ0n) is 11.9. The van der Waals surface area contributed by atoms with Crippen LogP contribution in [0.1, 0.15) is 31.1 Å². The molecule has 1 aromatic heterocycles. The molecule has 2 rings (SSSR count). The Bertz CT molecular complexity index is 667. The third kappa shape index (κ3) is 3.35. The topological polar surface area (TPSA) is 62.0 Å². The molecule has 0 fully saturated rings. The van der Waals surface area contributed by atoms with Crippen molar-refractivity contribution in [1.29, 1.82) is 0 Å². The molecule has 104 valence electrons. The van der Waals surface area contributed by atoms with Crippen LogP contribution in [0.4, 0.5) is 0 Å². The fraction of sp³-hybridized carbons (Fsp3) is 0.250. The Hall–Kier alpha value is -2.36. The van der Waals surface area contributed by atoms with Crippen LogP contribution < -0.4 is 10.9 Å². The molecule has 1 aromatic carbocycles. The SMILES string of the molecule is CC(C)(C)NC(=O)c1c[nH]c(=O)c(-c2ccccc2)c1. The van der Waals surface area contributed by atoms with Crippen molar-refractivity contribution in [2.75, 3.05) is 0 Å². The summed E-state index contributed by atoms with van der Waals surface area (Å²) in [5.41, 5.74) is 1.20. The van der Waals surface area contributed by atoms with Gasteiger partial charge in [-0.15, -0.1) is 0 Å². The van der Waals surface area contributed by atoms with Gasteiger partial charge in [-0.25, -0.2) is 0 Å². The first kappa shape index (κ1) is 14.1. The molecular weight excluding hydrogens is 252 g/mol. The number of rotatable bonds is 2. The molecule has 1 heterocycles. The minimum absolute atomic E-state index is 0.203. The van der Waals surface area contributed by atoms with Crippen molar-refractivity contribution in [3.8, 4) is 11.1 Å². The van der Waals surface area contributed by atoms with Gasteiger partial charge in [-0.3, -0.25) is 9.59 Å². The van der Waals surface area contributed by atoms with Gasteiger partial charge in [-0.2, -0.15) is 0 Å². The van der Waals surface area contributed by atoms with Crippen molar-refractivity contribution in [2.45, 2.75) is 26.3 Å². The van der Waals surface area contributed by atoms with Crippen molar-refractivity contribution < 1.29 is 4.79 Å². The van der Waals surface area contributed by atoms with E-state index >= 15 is 0 Å². The lowest BCUT2D eigenvalue weighted by molar-refractivity contribution is 0.0919. The molecule has 0 saturated carbocycles. The summed E-state index contributed by atoms with van der Waals surface area (Å²) in [7, 11) is 0. The number of aromatic nitrogens is 1. The fourth-order valence-electron chi connectivity index (χ4n) is 1.86. The monoisotopic (exact) mass is 270 g/mol. The molecule has 0 atom stereocenters. The molecule has 0 bridgehead atoms. The van der Waals surface area contributed by atoms with Crippen LogP contribution in [0.2, 0.25) is 0 Å². The van der Waals surface area contributed by atoms with Gasteiger partial charge < -0.3 is 10.3 Å². The number of aromatic amines is 1. The van der Waals surface area contributed by atoms with E-state index < -0.39 is 0 Å². The molecule has 0 aliphatic carbocycles. The first-order valence-corrected chi connectivity index (χ1v) is 6.47. The van der Waals surface area contributed by atoms with Gasteiger partial charge in [0.2, 0.25) is 0 Å². The number of amides is 1. The Morgan fingerprint density at radius 3 is 2.40 bits per heavy atom. The molecule has 0 radical (unpaired) electrons. The lowest BCUT2D eigenvalue weighted by Gasteiger charge is -2.20. The highest BCUT2D eigenvalue weighted by Crippen LogP contribution is 2.15. The molecule has 4 heteroatoms. The maximum absolute atomic E-state index is 12.1. The van der Waals surface area contributed by atoms with Gasteiger partial charge in [-0.1, -0.05) is 30.3 Å². The number of carbonyl (C=O) groups is 1. The zero-order valence-corrected chi connectivity index (χ0v) is 11.9. The third-order valence-corrected chi connectivity index (χ3v) is 2.74. The molecule has 1 amide bonds. The predicted octanol–water partition coefficient (Wildman–Crippen LogP) is 2.57. The molecule has 4 nitrogen and oxygen atoms in total. The highest BCUT2D eigenvalue weighted by Gasteiger charge is 2.16. The van der Waals surface area contributed by atoms with E-state index in [1.807, 2.05) is 51.1 Å². The van der Waals surface area contributed by atoms with Gasteiger partial charge in [0.25, 0.3) is 11.5 Å². The standard InChI is InChI=1S/C16H18N2O2/c1-16(2,3)18-14(19)12-9-13(15(20)17-10-12)11-7-5-4-6-8-11/h4-10H,1-3H3,(H,17,20)(H,18,19). The molecule has 0 aliphatic rings. The van der Waals surface area contributed by atoms with Crippen molar-refractivity contribution in [2.24, 2.45) is 0 Å². The van der Waals surface area contributed by atoms with Crippen molar-refractivity contribution >= 4 is 5.91 Å². The summed E-state index contributed by atoms with van der Waals surface area (Å²) < 4.78 is 0. The Balaban J connectivity index is 2.40. The van der Waals surface area contributed by atoms with Crippen LogP contribution in [0.3, 0.4) is 0 Å². The molecule has 0 spiro atoms. The molecule has 20 heavy (non-hydrogen) atoms. The number of hydrogen-bond acceptors (Lipinski definition) is 2. The van der Waals surface area contributed by atoms with Crippen LogP contribution in [0.15, 0.2) is 47.4 Å². The second kappa shape index (κ2) is 5.33. The first-order valence-electron chi connectivity index (χ1n) is 6.47. The van der Waals surface area contributed by atoms with Crippen LogP contribution in [-0.4, -0.2) is 16.4 Å². The fourth-order valence-corrected chi connectivity index (χ4v) is 1.86. The summed E-state index contributed by atoms with van der Waals surface area (Å²) >= 11 is 0. The Labute approximate surface area is 117 Å². The molecule has 0 saturated heterocycles. The second-order valence-electron chi connectivity index (χ2n) is 5.70. The summed E-state index contributed by atoms with van der Waals surface area (Å²) in [4.78, 5) is 26.6. The van der Waals surface area contributed by atoms with Gasteiger partial charge in [0, 0.05) is 17.3 Å². The molecular formula is C16H18N2O2. The number of benzene rings is 1. The van der Waals surface area contributed by atoms with Gasteiger partial charge in [0.1, 0.15) is 0 Å². The van der Waals surface area contributed by atoms with Gasteiger partial charge >= 0.3 is 0 Å². The Kier molecular flexibility index (Phi) is 3.74. The third-order valence-electron chi connectivity index (χ3n) is 2.74. The molecule has 0 aliphatic heterocycles. The van der Waals surface area contributed by atoms with Gasteiger partial charge in [-0.05, 0) is 32.4 Å². The minimum Gasteiger partial charge on any atom is -0.347 e. The number of H-pyrrole nitrogens is 1. The summed E-state index contributed by atoms with van der Waals surface area (Å²) in [5.74, 6) is -0.203. The van der Waals surface area contributed by atoms with E-state index in [1.165, 1.54) is 6.20 Å². The average molecular weight is 270 g/mol. The van der Waals surface area contributed by atoms with E-state index in [-0.39, 0.29) is 17.0 Å². The highest BCUT2D eigenvalue weighted by atomic mass is 16.2. The second-order valence-corrected chi connectivity index (χ2v) is 5.70. The van der Waals surface area contributed by atoms with Crippen LogP contribution in [0, 0.1) is 0 Å². The summed E-state index contributed by atoms with van der Waals surface area (Å²) in [6, 6.07) is 10.9. The Morgan fingerprint density at radius 1 is 1.15 bits per heavy atom. The van der Waals surface area contributed by atoms with Crippen LogP contribution >= 0.6 is 0 Å². The predicted molar refractivity (Wildman–Crippen MR) is 79.7 cm³/mol. The average Bonchev–Trinajstić information content (AvgIpc) is 2.38. The minimum atomic E-state index is -0.319. The van der Waals surface area contributed by atoms with Gasteiger partial charge in [0.15, 0.2) is 0 Å². The molecule has 2 N–H and O–H groups in total. The zero-order chi connectivity index (χ0) is 14.8. The normalized spacial score (nSPS) is 11.2. The smallest absolute Gasteiger partial charge is 0.255 e. The lowest BCUT2D eigenvalue weighted by atomic mass is 10.0. The van der Waals surface area contributed by atoms with E-state index in [0.717, 1.165) is 5.56 Å². The van der Waals surface area contributed by atoms with Gasteiger partial charge in [0.05, 0.1) is 5.56 Å².